The quantitative estimate of drug-likeness (QED) is 0.839. The summed E-state index contributed by atoms with van der Waals surface area (Å²) in [6.07, 6.45) is 0. The fourth-order valence-electron chi connectivity index (χ4n) is 1.53. The van der Waals surface area contributed by atoms with Gasteiger partial charge in [-0.15, -0.1) is 0 Å². The molecule has 18 heavy (non-hydrogen) atoms. The smallest absolute Gasteiger partial charge is 0.174 e. The van der Waals surface area contributed by atoms with Crippen LogP contribution in [-0.4, -0.2) is 0 Å². The molecule has 2 nitrogen and oxygen atoms in total. The summed E-state index contributed by atoms with van der Waals surface area (Å²) in [4.78, 5) is 0. The van der Waals surface area contributed by atoms with Crippen molar-refractivity contribution < 1.29 is 9.13 Å². The molecule has 0 amide bonds. The highest BCUT2D eigenvalue weighted by atomic mass is 35.5. The third-order valence-electron chi connectivity index (χ3n) is 2.43. The van der Waals surface area contributed by atoms with Crippen LogP contribution in [0.5, 0.6) is 5.75 Å². The molecule has 0 radical (unpaired) electrons. The molecular weight excluding hydrogens is 253 g/mol. The van der Waals surface area contributed by atoms with Crippen molar-refractivity contribution in [2.45, 2.75) is 6.61 Å². The third kappa shape index (κ3) is 2.61. The van der Waals surface area contributed by atoms with E-state index in [1.165, 1.54) is 12.1 Å². The van der Waals surface area contributed by atoms with Gasteiger partial charge in [-0.25, -0.2) is 4.39 Å². The van der Waals surface area contributed by atoms with E-state index in [0.29, 0.717) is 11.1 Å². The summed E-state index contributed by atoms with van der Waals surface area (Å²) < 4.78 is 18.8. The highest BCUT2D eigenvalue weighted by molar-refractivity contribution is 6.32. The van der Waals surface area contributed by atoms with Crippen molar-refractivity contribution >= 4 is 11.6 Å². The number of halogens is 2. The fraction of sp³-hybridized carbons (Fsp3) is 0.0714. The second-order valence-electron chi connectivity index (χ2n) is 3.61. The molecule has 0 fully saturated rings. The Morgan fingerprint density at radius 3 is 2.67 bits per heavy atom. The van der Waals surface area contributed by atoms with E-state index in [-0.39, 0.29) is 17.4 Å². The highest BCUT2D eigenvalue weighted by Gasteiger charge is 2.09. The van der Waals surface area contributed by atoms with E-state index in [0.717, 1.165) is 0 Å². The first-order valence-corrected chi connectivity index (χ1v) is 5.65. The zero-order chi connectivity index (χ0) is 13.0. The van der Waals surface area contributed by atoms with Crippen molar-refractivity contribution in [3.8, 4) is 11.8 Å². The molecule has 2 aromatic rings. The normalized spacial score (nSPS) is 9.83. The maximum Gasteiger partial charge on any atom is 0.174 e. The van der Waals surface area contributed by atoms with E-state index in [1.807, 2.05) is 0 Å². The first-order chi connectivity index (χ1) is 8.72. The van der Waals surface area contributed by atoms with E-state index in [2.05, 4.69) is 6.07 Å². The van der Waals surface area contributed by atoms with Crippen LogP contribution >= 0.6 is 11.6 Å². The van der Waals surface area contributed by atoms with Crippen molar-refractivity contribution in [1.29, 1.82) is 5.26 Å². The average Bonchev–Trinajstić information content (AvgIpc) is 2.38. The van der Waals surface area contributed by atoms with Gasteiger partial charge in [0, 0.05) is 5.56 Å². The second-order valence-corrected chi connectivity index (χ2v) is 4.02. The molecule has 0 aliphatic rings. The number of ether oxygens (including phenoxy) is 1. The van der Waals surface area contributed by atoms with Crippen LogP contribution in [0.2, 0.25) is 5.02 Å². The molecule has 0 spiro atoms. The monoisotopic (exact) mass is 261 g/mol. The van der Waals surface area contributed by atoms with Gasteiger partial charge in [0.05, 0.1) is 16.7 Å². The van der Waals surface area contributed by atoms with Crippen molar-refractivity contribution in [1.82, 2.24) is 0 Å². The standard InChI is InChI=1S/C14H9ClFNO/c15-12-6-3-7-13(16)14(12)18-9-11-5-2-1-4-10(11)8-17/h1-7H,9H2. The molecule has 0 aliphatic carbocycles. The molecular formula is C14H9ClFNO. The predicted molar refractivity (Wildman–Crippen MR) is 66.9 cm³/mol. The highest BCUT2D eigenvalue weighted by Crippen LogP contribution is 2.28. The van der Waals surface area contributed by atoms with E-state index in [1.54, 1.807) is 30.3 Å². The lowest BCUT2D eigenvalue weighted by Crippen LogP contribution is -2.00. The molecule has 2 rings (SSSR count). The summed E-state index contributed by atoms with van der Waals surface area (Å²) in [5.41, 5.74) is 1.20. The molecule has 0 unspecified atom stereocenters. The zero-order valence-corrected chi connectivity index (χ0v) is 10.1. The minimum atomic E-state index is -0.517. The van der Waals surface area contributed by atoms with Gasteiger partial charge in [-0.05, 0) is 18.2 Å². The van der Waals surface area contributed by atoms with Crippen molar-refractivity contribution in [2.75, 3.05) is 0 Å². The van der Waals surface area contributed by atoms with Gasteiger partial charge in [-0.1, -0.05) is 35.9 Å². The zero-order valence-electron chi connectivity index (χ0n) is 9.36. The average molecular weight is 262 g/mol. The SMILES string of the molecule is N#Cc1ccccc1COc1c(F)cccc1Cl. The lowest BCUT2D eigenvalue weighted by molar-refractivity contribution is 0.290. The molecule has 0 N–H and O–H groups in total. The summed E-state index contributed by atoms with van der Waals surface area (Å²) in [6, 6.07) is 13.4. The maximum atomic E-state index is 13.5. The van der Waals surface area contributed by atoms with Gasteiger partial charge in [-0.2, -0.15) is 5.26 Å². The van der Waals surface area contributed by atoms with Crippen LogP contribution in [0.25, 0.3) is 0 Å². The van der Waals surface area contributed by atoms with Gasteiger partial charge in [-0.3, -0.25) is 0 Å². The van der Waals surface area contributed by atoms with Crippen LogP contribution in [0, 0.1) is 17.1 Å². The number of rotatable bonds is 3. The van der Waals surface area contributed by atoms with Crippen molar-refractivity contribution in [3.63, 3.8) is 0 Å². The van der Waals surface area contributed by atoms with E-state index < -0.39 is 5.82 Å². The molecule has 2 aromatic carbocycles. The Morgan fingerprint density at radius 2 is 1.94 bits per heavy atom. The summed E-state index contributed by atoms with van der Waals surface area (Å²) >= 11 is 5.84. The number of benzene rings is 2. The third-order valence-corrected chi connectivity index (χ3v) is 2.73. The Kier molecular flexibility index (Phi) is 3.81. The summed E-state index contributed by atoms with van der Waals surface area (Å²) in [5, 5.41) is 9.13. The minimum Gasteiger partial charge on any atom is -0.484 e. The molecule has 4 heteroatoms. The number of hydrogen-bond acceptors (Lipinski definition) is 2. The van der Waals surface area contributed by atoms with Crippen LogP contribution < -0.4 is 4.74 Å². The number of hydrogen-bond donors (Lipinski definition) is 0. The molecule has 0 bridgehead atoms. The van der Waals surface area contributed by atoms with Crippen LogP contribution in [0.15, 0.2) is 42.5 Å². The fourth-order valence-corrected chi connectivity index (χ4v) is 1.74. The van der Waals surface area contributed by atoms with Gasteiger partial charge < -0.3 is 4.74 Å². The van der Waals surface area contributed by atoms with Crippen LogP contribution in [0.1, 0.15) is 11.1 Å². The summed E-state index contributed by atoms with van der Waals surface area (Å²) in [6.45, 7) is 0.102. The Balaban J connectivity index is 2.20. The number of nitriles is 1. The minimum absolute atomic E-state index is 0.00640. The topological polar surface area (TPSA) is 33.0 Å². The van der Waals surface area contributed by atoms with Crippen molar-refractivity contribution in [2.24, 2.45) is 0 Å². The molecule has 0 atom stereocenters. The van der Waals surface area contributed by atoms with Gasteiger partial charge in [0.25, 0.3) is 0 Å². The Bertz CT molecular complexity index is 587. The molecule has 0 heterocycles. The lowest BCUT2D eigenvalue weighted by Gasteiger charge is -2.09. The lowest BCUT2D eigenvalue weighted by atomic mass is 10.1. The molecule has 0 aliphatic heterocycles. The van der Waals surface area contributed by atoms with Gasteiger partial charge >= 0.3 is 0 Å². The largest absolute Gasteiger partial charge is 0.484 e. The first-order valence-electron chi connectivity index (χ1n) is 5.27. The maximum absolute atomic E-state index is 13.5. The Morgan fingerprint density at radius 1 is 1.17 bits per heavy atom. The van der Waals surface area contributed by atoms with Gasteiger partial charge in [0.15, 0.2) is 11.6 Å². The number of nitrogens with zero attached hydrogens (tertiary/aromatic N) is 1. The van der Waals surface area contributed by atoms with Gasteiger partial charge in [0.1, 0.15) is 6.61 Å². The van der Waals surface area contributed by atoms with Crippen LogP contribution in [0.3, 0.4) is 0 Å². The molecule has 90 valence electrons. The van der Waals surface area contributed by atoms with E-state index >= 15 is 0 Å². The van der Waals surface area contributed by atoms with Crippen molar-refractivity contribution in [3.05, 3.63) is 64.4 Å². The Hall–Kier alpha value is -2.05. The van der Waals surface area contributed by atoms with Gasteiger partial charge in [0.2, 0.25) is 0 Å². The van der Waals surface area contributed by atoms with E-state index in [9.17, 15) is 4.39 Å². The first kappa shape index (κ1) is 12.4. The summed E-state index contributed by atoms with van der Waals surface area (Å²) in [7, 11) is 0. The molecule has 0 aromatic heterocycles. The number of para-hydroxylation sites is 1. The van der Waals surface area contributed by atoms with Crippen LogP contribution in [-0.2, 0) is 6.61 Å². The predicted octanol–water partition coefficient (Wildman–Crippen LogP) is 3.93. The second kappa shape index (κ2) is 5.52. The molecule has 0 saturated heterocycles. The van der Waals surface area contributed by atoms with Crippen LogP contribution in [0.4, 0.5) is 4.39 Å². The summed E-state index contributed by atoms with van der Waals surface area (Å²) in [5.74, 6) is -0.510. The molecule has 0 saturated carbocycles. The Labute approximate surface area is 109 Å². The van der Waals surface area contributed by atoms with E-state index in [4.69, 9.17) is 21.6 Å².